The number of unbranched alkanes of at least 4 members (excludes halogenated alkanes) is 24. The summed E-state index contributed by atoms with van der Waals surface area (Å²) in [7, 11) is 0. The lowest BCUT2D eigenvalue weighted by molar-refractivity contribution is -0.166. The number of allylic oxidation sites excluding steroid dienone is 25. The number of ether oxygens (including phenoxy) is 3. The molecule has 0 aliphatic carbocycles. The van der Waals surface area contributed by atoms with E-state index in [1.165, 1.54) is 116 Å². The Bertz CT molecular complexity index is 1840. The normalized spacial score (nSPS) is 13.1. The van der Waals surface area contributed by atoms with Crippen LogP contribution in [0.2, 0.25) is 0 Å². The molecule has 0 aromatic heterocycles. The van der Waals surface area contributed by atoms with E-state index in [1.54, 1.807) is 6.08 Å². The highest BCUT2D eigenvalue weighted by molar-refractivity contribution is 5.72. The van der Waals surface area contributed by atoms with E-state index in [9.17, 15) is 14.4 Å². The van der Waals surface area contributed by atoms with Crippen LogP contribution >= 0.6 is 0 Å². The number of hydrogen-bond acceptors (Lipinski definition) is 6. The first kappa shape index (κ1) is 78.0. The highest BCUT2D eigenvalue weighted by atomic mass is 16.6. The summed E-state index contributed by atoms with van der Waals surface area (Å²) in [4.78, 5) is 38.3. The summed E-state index contributed by atoms with van der Waals surface area (Å²) >= 11 is 0. The van der Waals surface area contributed by atoms with Gasteiger partial charge in [0.25, 0.3) is 0 Å². The Labute approximate surface area is 511 Å². The van der Waals surface area contributed by atoms with Crippen molar-refractivity contribution in [3.8, 4) is 0 Å². The molecule has 0 heterocycles. The molecule has 0 rings (SSSR count). The van der Waals surface area contributed by atoms with Crippen molar-refractivity contribution in [1.29, 1.82) is 0 Å². The van der Waals surface area contributed by atoms with Gasteiger partial charge in [0.2, 0.25) is 0 Å². The van der Waals surface area contributed by atoms with Crippen LogP contribution in [0.4, 0.5) is 0 Å². The molecule has 1 atom stereocenters. The van der Waals surface area contributed by atoms with Crippen LogP contribution in [0.15, 0.2) is 158 Å². The molecular weight excluding hydrogens is 1020 g/mol. The average molecular weight is 1150 g/mol. The minimum absolute atomic E-state index is 0.117. The fraction of sp³-hybridized carbons (Fsp3) is 0.623. The maximum Gasteiger partial charge on any atom is 0.309 e. The van der Waals surface area contributed by atoms with Crippen LogP contribution in [0.5, 0.6) is 0 Å². The van der Waals surface area contributed by atoms with Crippen LogP contribution < -0.4 is 0 Å². The van der Waals surface area contributed by atoms with Gasteiger partial charge >= 0.3 is 17.9 Å². The maximum atomic E-state index is 12.9. The molecule has 0 saturated heterocycles. The Balaban J connectivity index is 4.47. The van der Waals surface area contributed by atoms with E-state index in [-0.39, 0.29) is 31.6 Å². The molecule has 6 nitrogen and oxygen atoms in total. The third-order valence-electron chi connectivity index (χ3n) is 14.1. The molecule has 0 fully saturated rings. The summed E-state index contributed by atoms with van der Waals surface area (Å²) in [6.45, 7) is 6.32. The first-order valence-corrected chi connectivity index (χ1v) is 34.0. The van der Waals surface area contributed by atoms with Gasteiger partial charge in [-0.3, -0.25) is 14.4 Å². The Morgan fingerprint density at radius 1 is 0.265 bits per heavy atom. The minimum atomic E-state index is -0.836. The summed E-state index contributed by atoms with van der Waals surface area (Å²) in [6.07, 6.45) is 101. The van der Waals surface area contributed by atoms with Gasteiger partial charge in [0.1, 0.15) is 13.2 Å². The van der Waals surface area contributed by atoms with Crippen LogP contribution in [0.1, 0.15) is 290 Å². The summed E-state index contributed by atoms with van der Waals surface area (Å²) in [5.74, 6) is -1.08. The molecular formula is C77H124O6. The molecule has 0 aromatic rings. The van der Waals surface area contributed by atoms with Crippen LogP contribution in [-0.2, 0) is 28.6 Å². The van der Waals surface area contributed by atoms with Crippen LogP contribution in [-0.4, -0.2) is 37.2 Å². The molecule has 468 valence electrons. The molecule has 1 unspecified atom stereocenters. The molecule has 0 amide bonds. The number of rotatable bonds is 60. The first-order chi connectivity index (χ1) is 41.0. The lowest BCUT2D eigenvalue weighted by atomic mass is 10.0. The minimum Gasteiger partial charge on any atom is -0.462 e. The number of esters is 3. The maximum absolute atomic E-state index is 12.9. The largest absolute Gasteiger partial charge is 0.462 e. The van der Waals surface area contributed by atoms with Gasteiger partial charge in [-0.2, -0.15) is 0 Å². The van der Waals surface area contributed by atoms with E-state index in [0.29, 0.717) is 12.8 Å². The summed E-state index contributed by atoms with van der Waals surface area (Å²) < 4.78 is 16.8. The molecule has 0 N–H and O–H groups in total. The molecule has 6 heteroatoms. The van der Waals surface area contributed by atoms with Crippen molar-refractivity contribution in [3.05, 3.63) is 158 Å². The third kappa shape index (κ3) is 67.7. The van der Waals surface area contributed by atoms with Crippen LogP contribution in [0.25, 0.3) is 0 Å². The van der Waals surface area contributed by atoms with Gasteiger partial charge in [-0.25, -0.2) is 0 Å². The van der Waals surface area contributed by atoms with Gasteiger partial charge in [0.15, 0.2) is 6.10 Å². The van der Waals surface area contributed by atoms with Crippen molar-refractivity contribution in [2.75, 3.05) is 13.2 Å². The summed E-state index contributed by atoms with van der Waals surface area (Å²) in [5, 5.41) is 0. The predicted molar refractivity (Wildman–Crippen MR) is 362 cm³/mol. The number of carbonyl (C=O) groups excluding carboxylic acids is 3. The highest BCUT2D eigenvalue weighted by Gasteiger charge is 2.19. The topological polar surface area (TPSA) is 78.9 Å². The Morgan fingerprint density at radius 3 is 0.843 bits per heavy atom. The van der Waals surface area contributed by atoms with Gasteiger partial charge in [-0.1, -0.05) is 320 Å². The van der Waals surface area contributed by atoms with Crippen LogP contribution in [0, 0.1) is 0 Å². The first-order valence-electron chi connectivity index (χ1n) is 34.0. The van der Waals surface area contributed by atoms with E-state index < -0.39 is 12.1 Å². The predicted octanol–water partition coefficient (Wildman–Crippen LogP) is 23.7. The monoisotopic (exact) mass is 1140 g/mol. The standard InChI is InChI=1S/C77H124O6/c1-4-7-10-13-16-19-22-25-28-30-32-34-35-36-37-38-39-40-41-43-44-46-49-52-55-58-61-64-67-70-76(79)82-73-74(72-81-75(78)69-66-63-60-57-54-51-48-27-24-21-18-15-12-9-6-3)83-77(80)71-68-65-62-59-56-53-50-47-45-42-33-31-29-26-23-20-17-14-11-8-5-2/h7,9-10,12,16,18-19,21,25,27-28,32,34,36-37,39-40,43-44,48-49,52,54,57,63,66,74H,4-6,8,11,13-15,17,20,22-24,26,29-31,33,35,38,41-42,45-47,50-51,53,55-56,58-62,64-65,67-73H2,1-3H3/b10-7-,12-9-,19-16-,21-18-,28-25-,34-32-,37-36-,40-39-,44-43-,48-27-,52-49-,57-54-,66-63-. The SMILES string of the molecule is CC/C=C\C/C=C\C/C=C\C/C=C\C/C=C\C/C=C\C/C=C\C/C=C\CCCCCCC(=O)OCC(COC(=O)C/C=C\C/C=C\C/C=C\C/C=C\C/C=C\CC)OC(=O)CCCCCCCCCCCCCCCCCCCCCCC. The Hall–Kier alpha value is -4.97. The van der Waals surface area contributed by atoms with Gasteiger partial charge in [-0.15, -0.1) is 0 Å². The van der Waals surface area contributed by atoms with E-state index >= 15 is 0 Å². The zero-order chi connectivity index (χ0) is 59.9. The number of carbonyl (C=O) groups is 3. The Morgan fingerprint density at radius 2 is 0.518 bits per heavy atom. The van der Waals surface area contributed by atoms with E-state index in [2.05, 4.69) is 167 Å². The lowest BCUT2D eigenvalue weighted by Gasteiger charge is -2.18. The quantitative estimate of drug-likeness (QED) is 0.0261. The van der Waals surface area contributed by atoms with Crippen molar-refractivity contribution < 1.29 is 28.6 Å². The lowest BCUT2D eigenvalue weighted by Crippen LogP contribution is -2.30. The molecule has 0 spiro atoms. The highest BCUT2D eigenvalue weighted by Crippen LogP contribution is 2.16. The smallest absolute Gasteiger partial charge is 0.309 e. The van der Waals surface area contributed by atoms with E-state index in [0.717, 1.165) is 135 Å². The van der Waals surface area contributed by atoms with Gasteiger partial charge < -0.3 is 14.2 Å². The molecule has 0 aliphatic heterocycles. The average Bonchev–Trinajstić information content (AvgIpc) is 3.49. The van der Waals surface area contributed by atoms with Crippen molar-refractivity contribution in [2.45, 2.75) is 297 Å². The van der Waals surface area contributed by atoms with Crippen molar-refractivity contribution >= 4 is 17.9 Å². The third-order valence-corrected chi connectivity index (χ3v) is 14.1. The fourth-order valence-corrected chi connectivity index (χ4v) is 9.06. The zero-order valence-corrected chi connectivity index (χ0v) is 53.7. The second-order valence-corrected chi connectivity index (χ2v) is 22.0. The molecule has 0 bridgehead atoms. The van der Waals surface area contributed by atoms with Gasteiger partial charge in [0.05, 0.1) is 6.42 Å². The van der Waals surface area contributed by atoms with Crippen molar-refractivity contribution in [3.63, 3.8) is 0 Å². The summed E-state index contributed by atoms with van der Waals surface area (Å²) in [5.41, 5.74) is 0. The summed E-state index contributed by atoms with van der Waals surface area (Å²) in [6, 6.07) is 0. The second-order valence-electron chi connectivity index (χ2n) is 22.0. The second kappa shape index (κ2) is 69.5. The Kier molecular flexibility index (Phi) is 65.4. The molecule has 0 aromatic carbocycles. The molecule has 83 heavy (non-hydrogen) atoms. The van der Waals surface area contributed by atoms with E-state index in [4.69, 9.17) is 14.2 Å². The van der Waals surface area contributed by atoms with Gasteiger partial charge in [-0.05, 0) is 109 Å². The molecule has 0 aliphatic rings. The molecule has 0 saturated carbocycles. The molecule has 0 radical (unpaired) electrons. The number of hydrogen-bond donors (Lipinski definition) is 0. The van der Waals surface area contributed by atoms with Crippen LogP contribution in [0.3, 0.4) is 0 Å². The van der Waals surface area contributed by atoms with Gasteiger partial charge in [0, 0.05) is 12.8 Å². The van der Waals surface area contributed by atoms with Crippen molar-refractivity contribution in [1.82, 2.24) is 0 Å². The van der Waals surface area contributed by atoms with E-state index in [1.807, 2.05) is 6.08 Å². The fourth-order valence-electron chi connectivity index (χ4n) is 9.06. The van der Waals surface area contributed by atoms with Crippen molar-refractivity contribution in [2.24, 2.45) is 0 Å². The zero-order valence-electron chi connectivity index (χ0n) is 53.7.